The Morgan fingerprint density at radius 2 is 1.63 bits per heavy atom. The lowest BCUT2D eigenvalue weighted by Gasteiger charge is -2.35. The Morgan fingerprint density at radius 3 is 2.22 bits per heavy atom. The van der Waals surface area contributed by atoms with Gasteiger partial charge >= 0.3 is 6.09 Å². The minimum Gasteiger partial charge on any atom is -0.444 e. The van der Waals surface area contributed by atoms with Crippen LogP contribution in [0.3, 0.4) is 0 Å². The van der Waals surface area contributed by atoms with Gasteiger partial charge in [0.1, 0.15) is 17.7 Å². The van der Waals surface area contributed by atoms with Crippen molar-refractivity contribution in [1.82, 2.24) is 10.2 Å². The Hall–Kier alpha value is -3.00. The van der Waals surface area contributed by atoms with E-state index >= 15 is 0 Å². The number of ether oxygens (including phenoxy) is 1. The first kappa shape index (κ1) is 34.2. The van der Waals surface area contributed by atoms with Crippen LogP contribution in [0.5, 0.6) is 0 Å². The molecule has 0 bridgehead atoms. The van der Waals surface area contributed by atoms with Crippen LogP contribution in [0.15, 0.2) is 42.5 Å². The van der Waals surface area contributed by atoms with Gasteiger partial charge in [0.05, 0.1) is 0 Å². The maximum Gasteiger partial charge on any atom is 0.408 e. The average Bonchev–Trinajstić information content (AvgIpc) is 2.87. The van der Waals surface area contributed by atoms with Crippen molar-refractivity contribution in [2.45, 2.75) is 98.3 Å². The van der Waals surface area contributed by atoms with Gasteiger partial charge in [0.25, 0.3) is 5.91 Å². The number of anilines is 1. The molecule has 0 aliphatic heterocycles. The van der Waals surface area contributed by atoms with E-state index in [9.17, 15) is 14.4 Å². The van der Waals surface area contributed by atoms with Crippen LogP contribution in [-0.2, 0) is 14.3 Å². The molecule has 2 atom stereocenters. The van der Waals surface area contributed by atoms with Crippen molar-refractivity contribution < 1.29 is 19.1 Å². The van der Waals surface area contributed by atoms with E-state index in [4.69, 9.17) is 4.74 Å². The molecule has 7 nitrogen and oxygen atoms in total. The predicted octanol–water partition coefficient (Wildman–Crippen LogP) is 7.35. The van der Waals surface area contributed by atoms with Gasteiger partial charge in [-0.25, -0.2) is 4.79 Å². The zero-order chi connectivity index (χ0) is 30.6. The number of carbonyl (C=O) groups excluding carboxylic acids is 3. The summed E-state index contributed by atoms with van der Waals surface area (Å²) in [5, 5.41) is 5.91. The normalized spacial score (nSPS) is 12.8. The number of para-hydroxylation sites is 1. The molecule has 3 amide bonds. The summed E-state index contributed by atoms with van der Waals surface area (Å²) in [6.45, 7) is 13.8. The number of hydrogen-bond donors (Lipinski definition) is 2. The zero-order valence-corrected chi connectivity index (χ0v) is 27.0. The summed E-state index contributed by atoms with van der Waals surface area (Å²) in [5.41, 5.74) is 3.71. The van der Waals surface area contributed by atoms with E-state index in [0.717, 1.165) is 47.9 Å². The SMILES string of the molecule is CCCCCCN(C(=O)C(CCSC)NC(=O)OC(C)(C)C)C(C(=O)Nc1ccccc1C)c1cc(C)cc(C)c1. The Labute approximate surface area is 251 Å². The third-order valence-corrected chi connectivity index (χ3v) is 7.30. The smallest absolute Gasteiger partial charge is 0.408 e. The van der Waals surface area contributed by atoms with E-state index in [1.165, 1.54) is 0 Å². The maximum absolute atomic E-state index is 14.4. The molecule has 0 aliphatic carbocycles. The summed E-state index contributed by atoms with van der Waals surface area (Å²) in [6, 6.07) is 11.9. The van der Waals surface area contributed by atoms with Crippen LogP contribution < -0.4 is 10.6 Å². The Balaban J connectivity index is 2.58. The van der Waals surface area contributed by atoms with Gasteiger partial charge < -0.3 is 20.3 Å². The molecule has 2 rings (SSSR count). The number of unbranched alkanes of at least 4 members (excludes halogenated alkanes) is 3. The zero-order valence-electron chi connectivity index (χ0n) is 26.1. The quantitative estimate of drug-likeness (QED) is 0.227. The average molecular weight is 584 g/mol. The molecule has 0 saturated heterocycles. The van der Waals surface area contributed by atoms with Crippen LogP contribution in [0.25, 0.3) is 0 Å². The maximum atomic E-state index is 14.4. The molecule has 2 aromatic carbocycles. The van der Waals surface area contributed by atoms with Crippen LogP contribution in [0.4, 0.5) is 10.5 Å². The van der Waals surface area contributed by atoms with Gasteiger partial charge in [-0.1, -0.05) is 73.7 Å². The largest absolute Gasteiger partial charge is 0.444 e. The molecule has 0 spiro atoms. The van der Waals surface area contributed by atoms with Crippen LogP contribution >= 0.6 is 11.8 Å². The van der Waals surface area contributed by atoms with Crippen molar-refractivity contribution in [3.05, 3.63) is 64.7 Å². The van der Waals surface area contributed by atoms with E-state index in [2.05, 4.69) is 23.6 Å². The van der Waals surface area contributed by atoms with Gasteiger partial charge in [0, 0.05) is 12.2 Å². The first-order valence-electron chi connectivity index (χ1n) is 14.6. The number of nitrogens with zero attached hydrogens (tertiary/aromatic N) is 1. The van der Waals surface area contributed by atoms with Crippen molar-refractivity contribution in [3.63, 3.8) is 0 Å². The van der Waals surface area contributed by atoms with Gasteiger partial charge in [-0.3, -0.25) is 9.59 Å². The van der Waals surface area contributed by atoms with E-state index in [1.54, 1.807) is 37.4 Å². The number of nitrogens with one attached hydrogen (secondary N) is 2. The fourth-order valence-corrected chi connectivity index (χ4v) is 5.24. The lowest BCUT2D eigenvalue weighted by Crippen LogP contribution is -2.52. The number of rotatable bonds is 14. The molecule has 0 fully saturated rings. The highest BCUT2D eigenvalue weighted by molar-refractivity contribution is 7.98. The number of benzene rings is 2. The predicted molar refractivity (Wildman–Crippen MR) is 170 cm³/mol. The van der Waals surface area contributed by atoms with Crippen LogP contribution in [0, 0.1) is 20.8 Å². The molecule has 2 unspecified atom stereocenters. The van der Waals surface area contributed by atoms with Gasteiger partial charge in [-0.15, -0.1) is 0 Å². The first-order valence-corrected chi connectivity index (χ1v) is 16.0. The number of alkyl carbamates (subject to hydrolysis) is 1. The van der Waals surface area contributed by atoms with Crippen molar-refractivity contribution in [2.24, 2.45) is 0 Å². The molecular weight excluding hydrogens is 534 g/mol. The Bertz CT molecular complexity index is 1140. The second kappa shape index (κ2) is 16.4. The van der Waals surface area contributed by atoms with Crippen LogP contribution in [0.2, 0.25) is 0 Å². The second-order valence-electron chi connectivity index (χ2n) is 11.7. The summed E-state index contributed by atoms with van der Waals surface area (Å²) >= 11 is 1.60. The number of carbonyl (C=O) groups is 3. The first-order chi connectivity index (χ1) is 19.4. The third-order valence-electron chi connectivity index (χ3n) is 6.66. The van der Waals surface area contributed by atoms with E-state index < -0.39 is 23.8 Å². The summed E-state index contributed by atoms with van der Waals surface area (Å²) in [5.74, 6) is 0.0963. The Morgan fingerprint density at radius 1 is 0.976 bits per heavy atom. The molecular formula is C33H49N3O4S. The lowest BCUT2D eigenvalue weighted by molar-refractivity contribution is -0.141. The summed E-state index contributed by atoms with van der Waals surface area (Å²) in [4.78, 5) is 43.0. The van der Waals surface area contributed by atoms with Gasteiger partial charge in [0.2, 0.25) is 5.91 Å². The van der Waals surface area contributed by atoms with E-state index in [0.29, 0.717) is 24.4 Å². The molecule has 2 N–H and O–H groups in total. The van der Waals surface area contributed by atoms with Crippen molar-refractivity contribution in [2.75, 3.05) is 23.9 Å². The highest BCUT2D eigenvalue weighted by Gasteiger charge is 2.36. The monoisotopic (exact) mass is 583 g/mol. The molecule has 8 heteroatoms. The molecule has 226 valence electrons. The molecule has 0 radical (unpaired) electrons. The summed E-state index contributed by atoms with van der Waals surface area (Å²) in [7, 11) is 0. The van der Waals surface area contributed by atoms with E-state index in [-0.39, 0.29) is 11.8 Å². The molecule has 0 aromatic heterocycles. The van der Waals surface area contributed by atoms with Gasteiger partial charge in [0.15, 0.2) is 0 Å². The topological polar surface area (TPSA) is 87.7 Å². The van der Waals surface area contributed by atoms with Crippen molar-refractivity contribution in [1.29, 1.82) is 0 Å². The fourth-order valence-electron chi connectivity index (χ4n) is 4.77. The van der Waals surface area contributed by atoms with Gasteiger partial charge in [-0.2, -0.15) is 11.8 Å². The molecule has 0 saturated carbocycles. The molecule has 0 aliphatic rings. The van der Waals surface area contributed by atoms with Crippen molar-refractivity contribution >= 4 is 35.4 Å². The number of aryl methyl sites for hydroxylation is 3. The highest BCUT2D eigenvalue weighted by Crippen LogP contribution is 2.28. The highest BCUT2D eigenvalue weighted by atomic mass is 32.2. The summed E-state index contributed by atoms with van der Waals surface area (Å²) < 4.78 is 5.50. The van der Waals surface area contributed by atoms with Crippen molar-refractivity contribution in [3.8, 4) is 0 Å². The molecule has 0 heterocycles. The minimum absolute atomic E-state index is 0.283. The fraction of sp³-hybridized carbons (Fsp3) is 0.545. The third kappa shape index (κ3) is 11.4. The minimum atomic E-state index is -0.875. The summed E-state index contributed by atoms with van der Waals surface area (Å²) in [6.07, 6.45) is 5.52. The second-order valence-corrected chi connectivity index (χ2v) is 12.7. The number of thioether (sulfide) groups is 1. The number of amides is 3. The standard InChI is InChI=1S/C33H49N3O4S/c1-9-10-11-14-18-36(31(38)28(17-19-41-8)35-32(39)40-33(5,6)7)29(26-21-23(2)20-24(3)22-26)30(37)34-27-16-13-12-15-25(27)4/h12-13,15-16,20-22,28-29H,9-11,14,17-19H2,1-8H3,(H,34,37)(H,35,39). The molecule has 2 aromatic rings. The van der Waals surface area contributed by atoms with Gasteiger partial charge in [-0.05, 0) is 83.6 Å². The molecule has 41 heavy (non-hydrogen) atoms. The lowest BCUT2D eigenvalue weighted by atomic mass is 9.97. The van der Waals surface area contributed by atoms with Crippen LogP contribution in [-0.4, -0.2) is 53.0 Å². The Kier molecular flexibility index (Phi) is 13.7. The van der Waals surface area contributed by atoms with E-state index in [1.807, 2.05) is 63.4 Å². The number of hydrogen-bond acceptors (Lipinski definition) is 5. The van der Waals surface area contributed by atoms with Crippen LogP contribution in [0.1, 0.15) is 88.1 Å².